The van der Waals surface area contributed by atoms with E-state index in [1.165, 1.54) is 5.56 Å². The number of ketones is 1. The largest absolute Gasteiger partial charge is 0.511 e. The fourth-order valence-electron chi connectivity index (χ4n) is 3.99. The number of hydrogen-bond donors (Lipinski definition) is 1. The molecule has 0 aromatic heterocycles. The van der Waals surface area contributed by atoms with Gasteiger partial charge in [-0.2, -0.15) is 0 Å². The third-order valence-corrected chi connectivity index (χ3v) is 5.46. The molecule has 1 aliphatic rings. The van der Waals surface area contributed by atoms with Crippen LogP contribution in [0, 0.1) is 0 Å². The molecule has 4 rings (SSSR count). The van der Waals surface area contributed by atoms with Gasteiger partial charge < -0.3 is 5.11 Å². The van der Waals surface area contributed by atoms with Gasteiger partial charge in [-0.05, 0) is 41.2 Å². The molecule has 1 fully saturated rings. The molecule has 0 heterocycles. The molecule has 1 aliphatic carbocycles. The Balaban J connectivity index is 1.60. The monoisotopic (exact) mass is 383 g/mol. The van der Waals surface area contributed by atoms with Gasteiger partial charge in [0.2, 0.25) is 0 Å². The van der Waals surface area contributed by atoms with Crippen molar-refractivity contribution in [3.05, 3.63) is 95.3 Å². The number of fused-ring (bicyclic) bond motifs is 1. The number of nitrogens with zero attached hydrogens (tertiary/aromatic N) is 1. The molecular formula is C26H25NO2. The van der Waals surface area contributed by atoms with Gasteiger partial charge >= 0.3 is 0 Å². The fraction of sp³-hybridized carbons (Fsp3) is 0.231. The van der Waals surface area contributed by atoms with Gasteiger partial charge in [0.15, 0.2) is 5.78 Å². The minimum atomic E-state index is 0.00690. The first-order valence-electron chi connectivity index (χ1n) is 10.2. The standard InChI is InChI=1S/C26H25NO2/c28-24-15-7-14-23(27-17-16-19-8-2-1-3-9-19)26(24)25(29)18-21-12-6-11-20-10-4-5-13-22(20)21/h1-6,8-13,29H,7,14-18H2/b26-25-,27-23?. The van der Waals surface area contributed by atoms with E-state index in [0.29, 0.717) is 25.0 Å². The second kappa shape index (κ2) is 8.87. The van der Waals surface area contributed by atoms with E-state index < -0.39 is 0 Å². The van der Waals surface area contributed by atoms with Crippen LogP contribution < -0.4 is 0 Å². The number of benzene rings is 3. The lowest BCUT2D eigenvalue weighted by Gasteiger charge is -2.18. The van der Waals surface area contributed by atoms with Crippen molar-refractivity contribution in [2.75, 3.05) is 6.54 Å². The highest BCUT2D eigenvalue weighted by atomic mass is 16.3. The molecule has 0 amide bonds. The number of aliphatic hydroxyl groups excluding tert-OH is 1. The highest BCUT2D eigenvalue weighted by molar-refractivity contribution is 6.24. The van der Waals surface area contributed by atoms with Crippen molar-refractivity contribution >= 4 is 22.3 Å². The summed E-state index contributed by atoms with van der Waals surface area (Å²) in [5.74, 6) is 0.150. The van der Waals surface area contributed by atoms with Crippen molar-refractivity contribution in [3.63, 3.8) is 0 Å². The lowest BCUT2D eigenvalue weighted by molar-refractivity contribution is -0.115. The highest BCUT2D eigenvalue weighted by Crippen LogP contribution is 2.25. The molecule has 1 N–H and O–H groups in total. The lowest BCUT2D eigenvalue weighted by Crippen LogP contribution is -2.22. The van der Waals surface area contributed by atoms with E-state index in [2.05, 4.69) is 30.3 Å². The molecule has 0 radical (unpaired) electrons. The van der Waals surface area contributed by atoms with Gasteiger partial charge in [0, 0.05) is 25.1 Å². The zero-order chi connectivity index (χ0) is 20.1. The average Bonchev–Trinajstić information content (AvgIpc) is 2.75. The van der Waals surface area contributed by atoms with E-state index in [-0.39, 0.29) is 11.5 Å². The normalized spacial score (nSPS) is 17.7. The molecule has 3 nitrogen and oxygen atoms in total. The minimum absolute atomic E-state index is 0.00690. The van der Waals surface area contributed by atoms with Gasteiger partial charge in [0.1, 0.15) is 5.76 Å². The molecule has 3 aromatic carbocycles. The summed E-state index contributed by atoms with van der Waals surface area (Å²) < 4.78 is 0. The van der Waals surface area contributed by atoms with Crippen LogP contribution >= 0.6 is 0 Å². The van der Waals surface area contributed by atoms with Crippen LogP contribution in [-0.4, -0.2) is 23.1 Å². The van der Waals surface area contributed by atoms with Crippen molar-refractivity contribution in [1.29, 1.82) is 0 Å². The molecule has 29 heavy (non-hydrogen) atoms. The molecular weight excluding hydrogens is 358 g/mol. The number of aliphatic hydroxyl groups is 1. The summed E-state index contributed by atoms with van der Waals surface area (Å²) >= 11 is 0. The van der Waals surface area contributed by atoms with Crippen LogP contribution in [0.5, 0.6) is 0 Å². The first-order valence-corrected chi connectivity index (χ1v) is 10.2. The predicted molar refractivity (Wildman–Crippen MR) is 119 cm³/mol. The number of aliphatic imine (C=N–C) groups is 1. The molecule has 146 valence electrons. The van der Waals surface area contributed by atoms with Crippen LogP contribution in [0.2, 0.25) is 0 Å². The van der Waals surface area contributed by atoms with Crippen LogP contribution in [0.25, 0.3) is 10.8 Å². The van der Waals surface area contributed by atoms with E-state index in [4.69, 9.17) is 4.99 Å². The van der Waals surface area contributed by atoms with E-state index in [1.807, 2.05) is 42.5 Å². The second-order valence-corrected chi connectivity index (χ2v) is 7.48. The second-order valence-electron chi connectivity index (χ2n) is 7.48. The fourth-order valence-corrected chi connectivity index (χ4v) is 3.99. The Morgan fingerprint density at radius 3 is 2.52 bits per heavy atom. The SMILES string of the molecule is O=C1CCCC(=NCCc2ccccc2)/C1=C(/O)Cc1cccc2ccccc12. The number of hydrogen-bond acceptors (Lipinski definition) is 3. The van der Waals surface area contributed by atoms with Gasteiger partial charge in [-0.1, -0.05) is 72.8 Å². The molecule has 3 heteroatoms. The summed E-state index contributed by atoms with van der Waals surface area (Å²) in [4.78, 5) is 17.3. The van der Waals surface area contributed by atoms with E-state index in [1.54, 1.807) is 0 Å². The molecule has 3 aromatic rings. The van der Waals surface area contributed by atoms with Crippen LogP contribution in [0.1, 0.15) is 30.4 Å². The number of carbonyl (C=O) groups excluding carboxylic acids is 1. The smallest absolute Gasteiger partial charge is 0.168 e. The van der Waals surface area contributed by atoms with Crippen molar-refractivity contribution in [3.8, 4) is 0 Å². The summed E-state index contributed by atoms with van der Waals surface area (Å²) in [5.41, 5.74) is 3.45. The number of rotatable bonds is 5. The Bertz CT molecular complexity index is 1070. The van der Waals surface area contributed by atoms with Crippen LogP contribution in [0.15, 0.2) is 89.1 Å². The van der Waals surface area contributed by atoms with Crippen molar-refractivity contribution in [1.82, 2.24) is 0 Å². The van der Waals surface area contributed by atoms with Crippen LogP contribution in [0.4, 0.5) is 0 Å². The summed E-state index contributed by atoms with van der Waals surface area (Å²) in [5, 5.41) is 13.2. The third-order valence-electron chi connectivity index (χ3n) is 5.46. The number of allylic oxidation sites excluding steroid dienone is 2. The molecule has 0 bridgehead atoms. The average molecular weight is 383 g/mol. The number of carbonyl (C=O) groups is 1. The van der Waals surface area contributed by atoms with Gasteiger partial charge in [0.25, 0.3) is 0 Å². The van der Waals surface area contributed by atoms with Crippen LogP contribution in [-0.2, 0) is 17.6 Å². The Morgan fingerprint density at radius 1 is 0.897 bits per heavy atom. The van der Waals surface area contributed by atoms with Crippen molar-refractivity contribution < 1.29 is 9.90 Å². The van der Waals surface area contributed by atoms with E-state index in [0.717, 1.165) is 41.3 Å². The molecule has 0 aliphatic heterocycles. The van der Waals surface area contributed by atoms with Gasteiger partial charge in [-0.25, -0.2) is 0 Å². The van der Waals surface area contributed by atoms with Crippen molar-refractivity contribution in [2.45, 2.75) is 32.1 Å². The maximum absolute atomic E-state index is 12.6. The zero-order valence-corrected chi connectivity index (χ0v) is 16.5. The van der Waals surface area contributed by atoms with Crippen molar-refractivity contribution in [2.24, 2.45) is 4.99 Å². The van der Waals surface area contributed by atoms with E-state index in [9.17, 15) is 9.90 Å². The van der Waals surface area contributed by atoms with E-state index >= 15 is 0 Å². The Labute approximate surface area is 171 Å². The molecule has 0 spiro atoms. The van der Waals surface area contributed by atoms with Gasteiger partial charge in [-0.3, -0.25) is 9.79 Å². The zero-order valence-electron chi connectivity index (χ0n) is 16.5. The third kappa shape index (κ3) is 4.45. The topological polar surface area (TPSA) is 49.7 Å². The quantitative estimate of drug-likeness (QED) is 0.458. The van der Waals surface area contributed by atoms with Gasteiger partial charge in [-0.15, -0.1) is 0 Å². The van der Waals surface area contributed by atoms with Gasteiger partial charge in [0.05, 0.1) is 5.57 Å². The summed E-state index contributed by atoms with van der Waals surface area (Å²) in [6.07, 6.45) is 3.20. The summed E-state index contributed by atoms with van der Waals surface area (Å²) in [7, 11) is 0. The molecule has 0 unspecified atom stereocenters. The van der Waals surface area contributed by atoms with Crippen LogP contribution in [0.3, 0.4) is 0 Å². The molecule has 0 saturated heterocycles. The maximum atomic E-state index is 12.6. The Hall–Kier alpha value is -3.20. The maximum Gasteiger partial charge on any atom is 0.168 e. The predicted octanol–water partition coefficient (Wildman–Crippen LogP) is 5.63. The molecule has 1 saturated carbocycles. The minimum Gasteiger partial charge on any atom is -0.511 e. The first kappa shape index (κ1) is 19.1. The lowest BCUT2D eigenvalue weighted by atomic mass is 9.88. The summed E-state index contributed by atoms with van der Waals surface area (Å²) in [6, 6.07) is 24.4. The Morgan fingerprint density at radius 2 is 1.66 bits per heavy atom. The molecule has 0 atom stereocenters. The Kier molecular flexibility index (Phi) is 5.85. The highest BCUT2D eigenvalue weighted by Gasteiger charge is 2.25. The summed E-state index contributed by atoms with van der Waals surface area (Å²) in [6.45, 7) is 0.623. The first-order chi connectivity index (χ1) is 14.2. The number of Topliss-reactive ketones (excluding diaryl/α,β-unsaturated/α-hetero) is 1.